The third kappa shape index (κ3) is 4.56. The van der Waals surface area contributed by atoms with E-state index in [9.17, 15) is 13.2 Å². The van der Waals surface area contributed by atoms with E-state index >= 15 is 0 Å². The van der Waals surface area contributed by atoms with Gasteiger partial charge < -0.3 is 4.57 Å². The minimum absolute atomic E-state index is 0.0773. The van der Waals surface area contributed by atoms with Crippen LogP contribution in [-0.4, -0.2) is 60.7 Å². The van der Waals surface area contributed by atoms with Crippen molar-refractivity contribution in [3.8, 4) is 0 Å². The zero-order valence-electron chi connectivity index (χ0n) is 18.9. The molecule has 0 aliphatic carbocycles. The molecule has 166 valence electrons. The van der Waals surface area contributed by atoms with Crippen LogP contribution in [0.3, 0.4) is 0 Å². The molecule has 0 bridgehead atoms. The second-order valence-electron chi connectivity index (χ2n) is 8.97. The molecule has 1 saturated heterocycles. The van der Waals surface area contributed by atoms with Crippen LogP contribution in [-0.2, 0) is 22.0 Å². The summed E-state index contributed by atoms with van der Waals surface area (Å²) < 4.78 is 30.0. The molecule has 1 fully saturated rings. The molecule has 3 heterocycles. The van der Waals surface area contributed by atoms with Crippen LogP contribution in [0.15, 0.2) is 22.4 Å². The van der Waals surface area contributed by atoms with Crippen molar-refractivity contribution in [1.82, 2.24) is 13.8 Å². The third-order valence-electron chi connectivity index (χ3n) is 5.68. The number of hydrogen-bond acceptors (Lipinski definition) is 5. The number of thiophene rings is 1. The Bertz CT molecular complexity index is 1020. The molecule has 8 heteroatoms. The summed E-state index contributed by atoms with van der Waals surface area (Å²) in [6.45, 7) is 14.7. The van der Waals surface area contributed by atoms with Gasteiger partial charge in [-0.1, -0.05) is 6.92 Å². The number of carbonyl (C=O) groups excluding carboxylic acids is 1. The molecule has 0 radical (unpaired) electrons. The van der Waals surface area contributed by atoms with E-state index in [0.29, 0.717) is 36.9 Å². The Morgan fingerprint density at radius 3 is 2.23 bits per heavy atom. The predicted octanol–water partition coefficient (Wildman–Crippen LogP) is 3.67. The van der Waals surface area contributed by atoms with Crippen molar-refractivity contribution in [3.63, 3.8) is 0 Å². The molecule has 0 amide bonds. The van der Waals surface area contributed by atoms with Gasteiger partial charge in [-0.3, -0.25) is 9.69 Å². The zero-order chi connectivity index (χ0) is 22.3. The van der Waals surface area contributed by atoms with Crippen LogP contribution in [0.4, 0.5) is 0 Å². The number of Topliss-reactive ketones (excluding diaryl/α,β-unsaturated/α-hetero) is 1. The molecule has 0 aromatic carbocycles. The molecule has 0 saturated carbocycles. The number of hydrogen-bond donors (Lipinski definition) is 0. The van der Waals surface area contributed by atoms with Crippen molar-refractivity contribution in [3.05, 3.63) is 40.0 Å². The lowest BCUT2D eigenvalue weighted by atomic mass is 10.1. The lowest BCUT2D eigenvalue weighted by Gasteiger charge is -2.33. The summed E-state index contributed by atoms with van der Waals surface area (Å²) in [5, 5.41) is 0. The van der Waals surface area contributed by atoms with E-state index in [2.05, 4.69) is 30.2 Å². The van der Waals surface area contributed by atoms with Crippen molar-refractivity contribution < 1.29 is 13.2 Å². The number of carbonyl (C=O) groups is 1. The van der Waals surface area contributed by atoms with Crippen LogP contribution in [0, 0.1) is 13.8 Å². The molecule has 0 atom stereocenters. The van der Waals surface area contributed by atoms with Gasteiger partial charge in [-0.15, -0.1) is 11.3 Å². The zero-order valence-corrected chi connectivity index (χ0v) is 20.5. The quantitative estimate of drug-likeness (QED) is 0.629. The van der Waals surface area contributed by atoms with E-state index in [1.54, 1.807) is 10.4 Å². The highest BCUT2D eigenvalue weighted by molar-refractivity contribution is 7.91. The SMILES string of the molecule is CCc1ccc(S(=O)(=O)N2CCN(CC(=O)c3cc(C)n(C(C)(C)C)c3C)CC2)s1. The highest BCUT2D eigenvalue weighted by Crippen LogP contribution is 2.27. The van der Waals surface area contributed by atoms with E-state index in [0.717, 1.165) is 28.2 Å². The highest BCUT2D eigenvalue weighted by Gasteiger charge is 2.31. The summed E-state index contributed by atoms with van der Waals surface area (Å²) in [5.41, 5.74) is 2.77. The van der Waals surface area contributed by atoms with Crippen molar-refractivity contribution in [2.24, 2.45) is 0 Å². The molecule has 1 aliphatic heterocycles. The molecule has 6 nitrogen and oxygen atoms in total. The second-order valence-corrected chi connectivity index (χ2v) is 12.3. The summed E-state index contributed by atoms with van der Waals surface area (Å²) in [4.78, 5) is 16.1. The standard InChI is InChI=1S/C22H33N3O3S2/c1-7-18-8-9-21(29-18)30(27,28)24-12-10-23(11-13-24)15-20(26)19-14-16(2)25(17(19)3)22(4,5)6/h8-9,14H,7,10-13,15H2,1-6H3. The summed E-state index contributed by atoms with van der Waals surface area (Å²) in [5.74, 6) is 0.0979. The fraction of sp³-hybridized carbons (Fsp3) is 0.591. The van der Waals surface area contributed by atoms with Crippen LogP contribution in [0.2, 0.25) is 0 Å². The number of aryl methyl sites for hydroxylation is 2. The smallest absolute Gasteiger partial charge is 0.252 e. The summed E-state index contributed by atoms with van der Waals surface area (Å²) in [7, 11) is -3.44. The largest absolute Gasteiger partial charge is 0.343 e. The first-order valence-electron chi connectivity index (χ1n) is 10.5. The first-order valence-corrected chi connectivity index (χ1v) is 12.7. The first kappa shape index (κ1) is 23.2. The lowest BCUT2D eigenvalue weighted by molar-refractivity contribution is 0.0901. The van der Waals surface area contributed by atoms with Gasteiger partial charge in [0.05, 0.1) is 6.54 Å². The third-order valence-corrected chi connectivity index (χ3v) is 9.28. The Morgan fingerprint density at radius 2 is 1.73 bits per heavy atom. The van der Waals surface area contributed by atoms with E-state index in [4.69, 9.17) is 0 Å². The molecular formula is C22H33N3O3S2. The molecule has 3 rings (SSSR count). The summed E-state index contributed by atoms with van der Waals surface area (Å²) in [6.07, 6.45) is 0.839. The first-order chi connectivity index (χ1) is 13.9. The van der Waals surface area contributed by atoms with Crippen LogP contribution in [0.1, 0.15) is 54.3 Å². The molecule has 2 aromatic heterocycles. The van der Waals surface area contributed by atoms with E-state index < -0.39 is 10.0 Å². The number of aromatic nitrogens is 1. The van der Waals surface area contributed by atoms with Gasteiger partial charge >= 0.3 is 0 Å². The molecule has 1 aliphatic rings. The van der Waals surface area contributed by atoms with Crippen molar-refractivity contribution in [2.45, 2.75) is 57.7 Å². The molecule has 0 unspecified atom stereocenters. The van der Waals surface area contributed by atoms with Crippen molar-refractivity contribution >= 4 is 27.1 Å². The lowest BCUT2D eigenvalue weighted by Crippen LogP contribution is -2.49. The van der Waals surface area contributed by atoms with Crippen molar-refractivity contribution in [1.29, 1.82) is 0 Å². The molecule has 30 heavy (non-hydrogen) atoms. The normalized spacial score (nSPS) is 16.9. The van der Waals surface area contributed by atoms with Crippen LogP contribution >= 0.6 is 11.3 Å². The maximum atomic E-state index is 13.0. The second kappa shape index (κ2) is 8.57. The molecular weight excluding hydrogens is 418 g/mol. The van der Waals surface area contributed by atoms with Gasteiger partial charge in [-0.25, -0.2) is 8.42 Å². The Morgan fingerprint density at radius 1 is 1.10 bits per heavy atom. The number of rotatable bonds is 6. The summed E-state index contributed by atoms with van der Waals surface area (Å²) in [6, 6.07) is 5.58. The Labute approximate surface area is 184 Å². The van der Waals surface area contributed by atoms with Gasteiger partial charge in [0.15, 0.2) is 5.78 Å². The van der Waals surface area contributed by atoms with Gasteiger partial charge in [0.1, 0.15) is 4.21 Å². The molecule has 0 spiro atoms. The topological polar surface area (TPSA) is 62.6 Å². The maximum Gasteiger partial charge on any atom is 0.252 e. The Kier molecular flexibility index (Phi) is 6.63. The van der Waals surface area contributed by atoms with Crippen LogP contribution in [0.5, 0.6) is 0 Å². The number of piperazine rings is 1. The predicted molar refractivity (Wildman–Crippen MR) is 122 cm³/mol. The fourth-order valence-electron chi connectivity index (χ4n) is 4.31. The van der Waals surface area contributed by atoms with Crippen LogP contribution < -0.4 is 0 Å². The van der Waals surface area contributed by atoms with Gasteiger partial charge in [-0.2, -0.15) is 4.31 Å². The molecule has 2 aromatic rings. The average molecular weight is 452 g/mol. The number of ketones is 1. The number of nitrogens with zero attached hydrogens (tertiary/aromatic N) is 3. The number of sulfonamides is 1. The van der Waals surface area contributed by atoms with Crippen LogP contribution in [0.25, 0.3) is 0 Å². The van der Waals surface area contributed by atoms with Gasteiger partial charge in [0.25, 0.3) is 10.0 Å². The minimum Gasteiger partial charge on any atom is -0.343 e. The van der Waals surface area contributed by atoms with Gasteiger partial charge in [0, 0.05) is 53.5 Å². The van der Waals surface area contributed by atoms with Gasteiger partial charge in [0.2, 0.25) is 0 Å². The minimum atomic E-state index is -3.44. The summed E-state index contributed by atoms with van der Waals surface area (Å²) >= 11 is 1.35. The fourth-order valence-corrected chi connectivity index (χ4v) is 7.18. The van der Waals surface area contributed by atoms with Crippen molar-refractivity contribution in [2.75, 3.05) is 32.7 Å². The highest BCUT2D eigenvalue weighted by atomic mass is 32.2. The van der Waals surface area contributed by atoms with E-state index in [1.807, 2.05) is 32.9 Å². The molecule has 0 N–H and O–H groups in total. The van der Waals surface area contributed by atoms with Gasteiger partial charge in [-0.05, 0) is 59.2 Å². The Hall–Kier alpha value is -1.48. The van der Waals surface area contributed by atoms with E-state index in [1.165, 1.54) is 11.3 Å². The Balaban J connectivity index is 1.64. The van der Waals surface area contributed by atoms with E-state index in [-0.39, 0.29) is 11.3 Å². The monoisotopic (exact) mass is 451 g/mol. The average Bonchev–Trinajstić information content (AvgIpc) is 3.26. The maximum absolute atomic E-state index is 13.0.